The average Bonchev–Trinajstić information content (AvgIpc) is 3.69. The van der Waals surface area contributed by atoms with Crippen LogP contribution in [0, 0.1) is 11.3 Å². The van der Waals surface area contributed by atoms with E-state index in [1.807, 2.05) is 50.2 Å². The van der Waals surface area contributed by atoms with Gasteiger partial charge in [-0.3, -0.25) is 43.8 Å². The van der Waals surface area contributed by atoms with Gasteiger partial charge in [0.2, 0.25) is 29.5 Å². The van der Waals surface area contributed by atoms with Gasteiger partial charge in [0, 0.05) is 32.7 Å². The first-order valence-electron chi connectivity index (χ1n) is 23.1. The van der Waals surface area contributed by atoms with Crippen LogP contribution in [0.2, 0.25) is 0 Å². The molecule has 7 atom stereocenters. The number of ether oxygens (including phenoxy) is 1. The molecule has 2 aromatic rings. The number of nitrogens with one attached hydrogen (secondary N) is 6. The largest absolute Gasteiger partial charge is 0.488 e. The SMILES string of the molecule is CCCN(NC(=O)[C@@H]1C[C@@H](Oc2ccccc2)CN1C(=O)[C@@H](NC(=O)[C@@H](NC(=O)[C@H](CCCC(=O)O)NC(=O)[C@H](CCCC(=O)O)NC(C)=O)C(C)C)C(C)(C)C)C(=O)N[C@H](C)c1ccccc1. The molecule has 0 spiro atoms. The van der Waals surface area contributed by atoms with Crippen LogP contribution in [0.5, 0.6) is 5.75 Å². The number of nitrogens with zero attached hydrogens (tertiary/aromatic N) is 2. The lowest BCUT2D eigenvalue weighted by molar-refractivity contribution is -0.145. The first-order chi connectivity index (χ1) is 32.0. The summed E-state index contributed by atoms with van der Waals surface area (Å²) >= 11 is 0. The van der Waals surface area contributed by atoms with E-state index in [1.165, 1.54) is 16.8 Å². The molecule has 0 aromatic heterocycles. The van der Waals surface area contributed by atoms with Gasteiger partial charge in [0.05, 0.1) is 12.6 Å². The molecule has 0 aliphatic carbocycles. The smallest absolute Gasteiger partial charge is 0.336 e. The third-order valence-electron chi connectivity index (χ3n) is 11.2. The third-order valence-corrected chi connectivity index (χ3v) is 11.2. The van der Waals surface area contributed by atoms with Crippen LogP contribution in [-0.4, -0.2) is 123 Å². The van der Waals surface area contributed by atoms with Crippen LogP contribution in [0.3, 0.4) is 0 Å². The molecular formula is C48H70N8O12. The Hall–Kier alpha value is -6.73. The van der Waals surface area contributed by atoms with Crippen LogP contribution >= 0.6 is 0 Å². The second kappa shape index (κ2) is 26.6. The first-order valence-corrected chi connectivity index (χ1v) is 23.1. The lowest BCUT2D eigenvalue weighted by atomic mass is 9.85. The standard InChI is InChI=1S/C48H70N8O12/c1-9-26-56(47(67)49-30(4)32-18-12-10-13-19-32)54-44(64)37-27-34(68-33-20-14-11-15-21-33)28-55(37)46(66)41(48(6,7)8)53-45(65)40(29(2)3)52-43(63)36(23-17-25-39(60)61)51-42(62)35(50-31(5)57)22-16-24-38(58)59/h10-15,18-21,29-30,34-37,40-41H,9,16-17,22-28H2,1-8H3,(H,49,67)(H,50,57)(H,51,62)(H,52,63)(H,53,65)(H,54,64)(H,58,59)(H,60,61)/t30-,34-,35+,36+,37+,40+,41-/m1/s1. The van der Waals surface area contributed by atoms with Crippen molar-refractivity contribution in [2.75, 3.05) is 13.1 Å². The molecule has 20 heteroatoms. The summed E-state index contributed by atoms with van der Waals surface area (Å²) in [6, 6.07) is 10.9. The van der Waals surface area contributed by atoms with Gasteiger partial charge < -0.3 is 46.4 Å². The number of carboxylic acid groups (broad SMARTS) is 2. The van der Waals surface area contributed by atoms with Crippen LogP contribution in [0.25, 0.3) is 0 Å². The summed E-state index contributed by atoms with van der Waals surface area (Å²) in [6.45, 7) is 13.4. The fourth-order valence-corrected chi connectivity index (χ4v) is 7.60. The highest BCUT2D eigenvalue weighted by atomic mass is 16.5. The van der Waals surface area contributed by atoms with E-state index in [4.69, 9.17) is 9.84 Å². The molecule has 0 unspecified atom stereocenters. The highest BCUT2D eigenvalue weighted by molar-refractivity contribution is 5.97. The molecule has 0 bridgehead atoms. The minimum atomic E-state index is -1.38. The van der Waals surface area contributed by atoms with Crippen molar-refractivity contribution in [3.05, 3.63) is 66.2 Å². The highest BCUT2D eigenvalue weighted by Crippen LogP contribution is 2.29. The van der Waals surface area contributed by atoms with Gasteiger partial charge in [0.15, 0.2) is 0 Å². The summed E-state index contributed by atoms with van der Waals surface area (Å²) in [5.41, 5.74) is 2.60. The molecule has 1 aliphatic rings. The Labute approximate surface area is 398 Å². The summed E-state index contributed by atoms with van der Waals surface area (Å²) in [4.78, 5) is 120. The van der Waals surface area contributed by atoms with E-state index in [9.17, 15) is 48.3 Å². The first kappa shape index (κ1) is 55.6. The minimum Gasteiger partial charge on any atom is -0.488 e. The Morgan fingerprint density at radius 2 is 1.29 bits per heavy atom. The average molecular weight is 951 g/mol. The zero-order chi connectivity index (χ0) is 50.7. The lowest BCUT2D eigenvalue weighted by Gasteiger charge is -2.37. The molecule has 374 valence electrons. The van der Waals surface area contributed by atoms with Crippen LogP contribution in [0.1, 0.15) is 118 Å². The molecule has 2 aromatic carbocycles. The highest BCUT2D eigenvalue weighted by Gasteiger charge is 2.47. The van der Waals surface area contributed by atoms with Crippen molar-refractivity contribution in [2.45, 2.75) is 149 Å². The topological polar surface area (TPSA) is 282 Å². The molecule has 1 fully saturated rings. The number of urea groups is 1. The molecule has 1 heterocycles. The number of hydrogen-bond acceptors (Lipinski definition) is 10. The number of rotatable bonds is 24. The predicted octanol–water partition coefficient (Wildman–Crippen LogP) is 3.42. The van der Waals surface area contributed by atoms with E-state index in [-0.39, 0.29) is 58.0 Å². The molecule has 0 radical (unpaired) electrons. The van der Waals surface area contributed by atoms with E-state index < -0.39 is 107 Å². The van der Waals surface area contributed by atoms with Crippen molar-refractivity contribution < 1.29 is 58.1 Å². The fraction of sp³-hybridized carbons (Fsp3) is 0.562. The van der Waals surface area contributed by atoms with Crippen molar-refractivity contribution in [3.63, 3.8) is 0 Å². The van der Waals surface area contributed by atoms with E-state index in [0.717, 1.165) is 5.56 Å². The zero-order valence-corrected chi connectivity index (χ0v) is 40.3. The van der Waals surface area contributed by atoms with Crippen molar-refractivity contribution in [1.29, 1.82) is 0 Å². The maximum atomic E-state index is 14.9. The summed E-state index contributed by atoms with van der Waals surface area (Å²) in [5, 5.41) is 33.0. The van der Waals surface area contributed by atoms with E-state index in [1.54, 1.807) is 58.9 Å². The molecule has 8 N–H and O–H groups in total. The third kappa shape index (κ3) is 17.8. The number of hydrogen-bond donors (Lipinski definition) is 8. The van der Waals surface area contributed by atoms with Gasteiger partial charge in [-0.05, 0) is 68.1 Å². The van der Waals surface area contributed by atoms with Crippen LogP contribution in [0.15, 0.2) is 60.7 Å². The zero-order valence-electron chi connectivity index (χ0n) is 40.3. The number of aliphatic carboxylic acids is 2. The van der Waals surface area contributed by atoms with Gasteiger partial charge in [0.1, 0.15) is 42.1 Å². The maximum absolute atomic E-state index is 14.9. The normalized spacial score (nSPS) is 16.8. The Kier molecular flexibility index (Phi) is 21.7. The van der Waals surface area contributed by atoms with Gasteiger partial charge in [0.25, 0.3) is 5.91 Å². The van der Waals surface area contributed by atoms with Crippen LogP contribution in [0.4, 0.5) is 4.79 Å². The molecule has 0 saturated carbocycles. The predicted molar refractivity (Wildman–Crippen MR) is 250 cm³/mol. The summed E-state index contributed by atoms with van der Waals surface area (Å²) < 4.78 is 6.24. The Morgan fingerprint density at radius 1 is 0.750 bits per heavy atom. The van der Waals surface area contributed by atoms with E-state index in [2.05, 4.69) is 32.0 Å². The molecule has 68 heavy (non-hydrogen) atoms. The Bertz CT molecular complexity index is 2050. The number of amides is 8. The molecule has 8 amide bonds. The van der Waals surface area contributed by atoms with Gasteiger partial charge in [-0.1, -0.05) is 90.1 Å². The Morgan fingerprint density at radius 3 is 1.81 bits per heavy atom. The minimum absolute atomic E-state index is 0.0272. The maximum Gasteiger partial charge on any atom is 0.336 e. The molecular weight excluding hydrogens is 881 g/mol. The fourth-order valence-electron chi connectivity index (χ4n) is 7.60. The van der Waals surface area contributed by atoms with E-state index >= 15 is 0 Å². The van der Waals surface area contributed by atoms with Gasteiger partial charge in [-0.25, -0.2) is 9.80 Å². The monoisotopic (exact) mass is 951 g/mol. The number of benzene rings is 2. The van der Waals surface area contributed by atoms with Crippen molar-refractivity contribution in [3.8, 4) is 5.75 Å². The van der Waals surface area contributed by atoms with Gasteiger partial charge >= 0.3 is 18.0 Å². The van der Waals surface area contributed by atoms with Gasteiger partial charge in [-0.15, -0.1) is 0 Å². The Balaban J connectivity index is 1.91. The van der Waals surface area contributed by atoms with Crippen LogP contribution < -0.4 is 36.7 Å². The molecule has 20 nitrogen and oxygen atoms in total. The molecule has 1 aliphatic heterocycles. The summed E-state index contributed by atoms with van der Waals surface area (Å²) in [6.07, 6.45) is -1.03. The number of para-hydroxylation sites is 1. The number of hydrazine groups is 1. The van der Waals surface area contributed by atoms with E-state index in [0.29, 0.717) is 12.2 Å². The van der Waals surface area contributed by atoms with Crippen molar-refractivity contribution in [1.82, 2.24) is 41.9 Å². The summed E-state index contributed by atoms with van der Waals surface area (Å²) in [5.74, 6) is -6.64. The number of likely N-dealkylation sites (tertiary alicyclic amines) is 1. The van der Waals surface area contributed by atoms with Crippen molar-refractivity contribution >= 4 is 53.4 Å². The number of carbonyl (C=O) groups is 9. The molecule has 3 rings (SSSR count). The quantitative estimate of drug-likeness (QED) is 0.0703. The van der Waals surface area contributed by atoms with Crippen molar-refractivity contribution in [2.24, 2.45) is 11.3 Å². The van der Waals surface area contributed by atoms with Gasteiger partial charge in [-0.2, -0.15) is 0 Å². The number of carbonyl (C=O) groups excluding carboxylic acids is 7. The van der Waals surface area contributed by atoms with Crippen LogP contribution in [-0.2, 0) is 38.4 Å². The second-order valence-corrected chi connectivity index (χ2v) is 18.4. The number of carboxylic acids is 2. The molecule has 1 saturated heterocycles. The second-order valence-electron chi connectivity index (χ2n) is 18.4. The lowest BCUT2D eigenvalue weighted by Crippen LogP contribution is -2.63. The summed E-state index contributed by atoms with van der Waals surface area (Å²) in [7, 11) is 0.